The summed E-state index contributed by atoms with van der Waals surface area (Å²) in [6, 6.07) is 4.42. The van der Waals surface area contributed by atoms with Crippen LogP contribution in [0.1, 0.15) is 45.4 Å². The van der Waals surface area contributed by atoms with Gasteiger partial charge in [0.25, 0.3) is 0 Å². The third-order valence-corrected chi connectivity index (χ3v) is 7.82. The maximum atomic E-state index is 13.8. The second-order valence-corrected chi connectivity index (χ2v) is 12.9. The molecule has 1 aliphatic rings. The molecular weight excluding hydrogens is 479 g/mol. The lowest BCUT2D eigenvalue weighted by molar-refractivity contribution is 0.331. The Bertz CT molecular complexity index is 1310. The van der Waals surface area contributed by atoms with Crippen LogP contribution in [0.15, 0.2) is 29.5 Å². The normalized spacial score (nSPS) is 18.1. The standard InChI is InChI=1S/C22H31N4O6PS/c1-7-16-19(27)18(21(28)26(16)12-11-22(3,4)5)20-23-15-10-9-14(25-34(6,30)31)13-17(15)33(29,24-20)32-8-2/h7,9-10,13,25,27-28H,1,8,11-12H2,2-6H3,(H,23,24,29). The molecule has 3 rings (SSSR count). The zero-order valence-electron chi connectivity index (χ0n) is 19.9. The lowest BCUT2D eigenvalue weighted by Crippen LogP contribution is -2.26. The zero-order valence-corrected chi connectivity index (χ0v) is 21.6. The van der Waals surface area contributed by atoms with Gasteiger partial charge >= 0.3 is 7.52 Å². The average molecular weight is 511 g/mol. The van der Waals surface area contributed by atoms with Gasteiger partial charge in [-0.2, -0.15) is 4.76 Å². The summed E-state index contributed by atoms with van der Waals surface area (Å²) in [5.74, 6) is -0.528. The van der Waals surface area contributed by atoms with Gasteiger partial charge in [-0.05, 0) is 43.0 Å². The number of nitrogens with one attached hydrogen (secondary N) is 2. The summed E-state index contributed by atoms with van der Waals surface area (Å²) in [7, 11) is -7.43. The number of amidine groups is 1. The van der Waals surface area contributed by atoms with Crippen LogP contribution in [0, 0.1) is 5.41 Å². The maximum Gasteiger partial charge on any atom is 0.348 e. The van der Waals surface area contributed by atoms with Gasteiger partial charge in [-0.25, -0.2) is 8.42 Å². The van der Waals surface area contributed by atoms with Crippen LogP contribution in [0.25, 0.3) is 6.08 Å². The van der Waals surface area contributed by atoms with Crippen LogP contribution in [0.4, 0.5) is 11.4 Å². The highest BCUT2D eigenvalue weighted by Gasteiger charge is 2.37. The predicted octanol–water partition coefficient (Wildman–Crippen LogP) is 4.08. The quantitative estimate of drug-likeness (QED) is 0.392. The van der Waals surface area contributed by atoms with Crippen molar-refractivity contribution in [1.82, 2.24) is 4.57 Å². The molecular formula is C22H31N4O6PS. The van der Waals surface area contributed by atoms with E-state index in [9.17, 15) is 23.2 Å². The van der Waals surface area contributed by atoms with Crippen LogP contribution >= 0.6 is 7.52 Å². The van der Waals surface area contributed by atoms with E-state index in [2.05, 4.69) is 42.2 Å². The maximum absolute atomic E-state index is 13.8. The van der Waals surface area contributed by atoms with E-state index in [0.717, 1.165) is 6.26 Å². The number of sulfonamides is 1. The summed E-state index contributed by atoms with van der Waals surface area (Å²) in [5, 5.41) is 25.1. The Morgan fingerprint density at radius 1 is 1.32 bits per heavy atom. The van der Waals surface area contributed by atoms with Gasteiger partial charge < -0.3 is 24.6 Å². The van der Waals surface area contributed by atoms with Crippen molar-refractivity contribution < 1.29 is 27.7 Å². The number of aromatic hydroxyl groups is 2. The average Bonchev–Trinajstić information content (AvgIpc) is 2.94. The molecule has 0 amide bonds. The fourth-order valence-electron chi connectivity index (χ4n) is 3.58. The van der Waals surface area contributed by atoms with Crippen molar-refractivity contribution in [3.8, 4) is 11.6 Å². The largest absolute Gasteiger partial charge is 0.505 e. The molecule has 0 fully saturated rings. The molecule has 1 aromatic carbocycles. The Labute approximate surface area is 199 Å². The van der Waals surface area contributed by atoms with E-state index in [-0.39, 0.29) is 46.0 Å². The van der Waals surface area contributed by atoms with Crippen LogP contribution < -0.4 is 15.3 Å². The number of hydrogen-bond acceptors (Lipinski definition) is 7. The van der Waals surface area contributed by atoms with Crippen molar-refractivity contribution in [3.63, 3.8) is 0 Å². The fraction of sp³-hybridized carbons (Fsp3) is 0.409. The molecule has 10 nitrogen and oxygen atoms in total. The summed E-state index contributed by atoms with van der Waals surface area (Å²) < 4.78 is 50.7. The molecule has 1 aliphatic heterocycles. The van der Waals surface area contributed by atoms with Crippen molar-refractivity contribution in [2.24, 2.45) is 10.2 Å². The molecule has 1 atom stereocenters. The SMILES string of the molecule is C=Cc1c(O)c(C2=NP(=O)(OCC)c3cc(NS(C)(=O)=O)ccc3N2)c(O)n1CCC(C)(C)C. The van der Waals surface area contributed by atoms with Crippen LogP contribution in [0.3, 0.4) is 0 Å². The van der Waals surface area contributed by atoms with Gasteiger partial charge in [-0.15, -0.1) is 0 Å². The van der Waals surface area contributed by atoms with Crippen molar-refractivity contribution in [3.05, 3.63) is 36.0 Å². The lowest BCUT2D eigenvalue weighted by atomic mass is 9.92. The van der Waals surface area contributed by atoms with Crippen LogP contribution in [-0.2, 0) is 25.7 Å². The highest BCUT2D eigenvalue weighted by Crippen LogP contribution is 2.53. The summed E-state index contributed by atoms with van der Waals surface area (Å²) >= 11 is 0. The predicted molar refractivity (Wildman–Crippen MR) is 136 cm³/mol. The summed E-state index contributed by atoms with van der Waals surface area (Å²) in [6.07, 6.45) is 3.16. The molecule has 2 heterocycles. The molecule has 12 heteroatoms. The molecule has 0 radical (unpaired) electrons. The minimum Gasteiger partial charge on any atom is -0.505 e. The highest BCUT2D eigenvalue weighted by molar-refractivity contribution is 7.92. The Morgan fingerprint density at radius 2 is 2.00 bits per heavy atom. The van der Waals surface area contributed by atoms with Gasteiger partial charge in [0.2, 0.25) is 15.9 Å². The smallest absolute Gasteiger partial charge is 0.348 e. The second kappa shape index (κ2) is 9.13. The molecule has 2 aromatic rings. The number of benzene rings is 1. The van der Waals surface area contributed by atoms with Gasteiger partial charge in [0.15, 0.2) is 11.6 Å². The summed E-state index contributed by atoms with van der Waals surface area (Å²) in [6.45, 7) is 12.1. The van der Waals surface area contributed by atoms with Gasteiger partial charge in [0.1, 0.15) is 5.56 Å². The Balaban J connectivity index is 2.13. The number of fused-ring (bicyclic) bond motifs is 1. The number of rotatable bonds is 8. The first kappa shape index (κ1) is 25.9. The minimum atomic E-state index is -3.88. The third-order valence-electron chi connectivity index (χ3n) is 5.16. The first-order valence-electron chi connectivity index (χ1n) is 10.7. The van der Waals surface area contributed by atoms with E-state index in [0.29, 0.717) is 24.3 Å². The molecule has 1 aromatic heterocycles. The molecule has 186 valence electrons. The monoisotopic (exact) mass is 510 g/mol. The van der Waals surface area contributed by atoms with Crippen LogP contribution in [-0.4, -0.2) is 41.9 Å². The van der Waals surface area contributed by atoms with E-state index in [1.807, 2.05) is 0 Å². The van der Waals surface area contributed by atoms with E-state index in [1.165, 1.54) is 28.8 Å². The number of nitrogens with zero attached hydrogens (tertiary/aromatic N) is 2. The number of anilines is 2. The Morgan fingerprint density at radius 3 is 2.56 bits per heavy atom. The molecule has 0 saturated heterocycles. The number of aromatic nitrogens is 1. The molecule has 0 saturated carbocycles. The Kier molecular flexibility index (Phi) is 6.94. The van der Waals surface area contributed by atoms with Gasteiger partial charge in [-0.3, -0.25) is 9.29 Å². The van der Waals surface area contributed by atoms with E-state index < -0.39 is 17.5 Å². The van der Waals surface area contributed by atoms with E-state index in [4.69, 9.17) is 4.52 Å². The molecule has 34 heavy (non-hydrogen) atoms. The van der Waals surface area contributed by atoms with Gasteiger partial charge in [0.05, 0.1) is 29.5 Å². The van der Waals surface area contributed by atoms with Crippen molar-refractivity contribution in [2.75, 3.05) is 22.9 Å². The van der Waals surface area contributed by atoms with Crippen LogP contribution in [0.5, 0.6) is 11.6 Å². The summed E-state index contributed by atoms with van der Waals surface area (Å²) in [4.78, 5) is 0. The first-order valence-corrected chi connectivity index (χ1v) is 14.2. The Hall–Kier alpha value is -2.75. The van der Waals surface area contributed by atoms with E-state index >= 15 is 0 Å². The minimum absolute atomic E-state index is 0.0206. The molecule has 0 spiro atoms. The molecule has 4 N–H and O–H groups in total. The highest BCUT2D eigenvalue weighted by atomic mass is 32.2. The second-order valence-electron chi connectivity index (χ2n) is 9.22. The molecule has 1 unspecified atom stereocenters. The van der Waals surface area contributed by atoms with Gasteiger partial charge in [-0.1, -0.05) is 27.4 Å². The third kappa shape index (κ3) is 5.32. The summed E-state index contributed by atoms with van der Waals surface area (Å²) in [5.41, 5.74) is 0.822. The van der Waals surface area contributed by atoms with Crippen LogP contribution in [0.2, 0.25) is 0 Å². The topological polar surface area (TPSA) is 142 Å². The zero-order chi connectivity index (χ0) is 25.5. The van der Waals surface area contributed by atoms with E-state index in [1.54, 1.807) is 6.92 Å². The molecule has 0 aliphatic carbocycles. The number of hydrogen-bond donors (Lipinski definition) is 4. The van der Waals surface area contributed by atoms with Crippen molar-refractivity contribution >= 4 is 46.1 Å². The van der Waals surface area contributed by atoms with Gasteiger partial charge in [0, 0.05) is 12.2 Å². The van der Waals surface area contributed by atoms with Crippen molar-refractivity contribution in [1.29, 1.82) is 0 Å². The first-order chi connectivity index (χ1) is 15.7. The lowest BCUT2D eigenvalue weighted by Gasteiger charge is -2.25. The fourth-order valence-corrected chi connectivity index (χ4v) is 5.94. The molecule has 0 bridgehead atoms. The van der Waals surface area contributed by atoms with Crippen molar-refractivity contribution in [2.45, 2.75) is 40.7 Å².